The van der Waals surface area contributed by atoms with Crippen LogP contribution in [0.15, 0.2) is 0 Å². The highest BCUT2D eigenvalue weighted by molar-refractivity contribution is 6.06. The van der Waals surface area contributed by atoms with Crippen LogP contribution in [-0.2, 0) is 19.1 Å². The first kappa shape index (κ1) is 13.4. The highest BCUT2D eigenvalue weighted by Gasteiger charge is 2.89. The Labute approximate surface area is 117 Å². The number of nitrogens with zero attached hydrogens (tertiary/aromatic N) is 1. The van der Waals surface area contributed by atoms with Gasteiger partial charge in [-0.05, 0) is 33.6 Å². The van der Waals surface area contributed by atoms with Crippen molar-refractivity contribution >= 4 is 17.8 Å². The van der Waals surface area contributed by atoms with Crippen molar-refractivity contribution in [2.24, 2.45) is 5.41 Å². The van der Waals surface area contributed by atoms with E-state index in [-0.39, 0.29) is 18.2 Å². The summed E-state index contributed by atoms with van der Waals surface area (Å²) in [6.07, 6.45) is 0.936. The molecule has 1 saturated heterocycles. The monoisotopic (exact) mass is 281 g/mol. The molecule has 1 spiro atoms. The van der Waals surface area contributed by atoms with Gasteiger partial charge in [0.25, 0.3) is 0 Å². The minimum atomic E-state index is -0.833. The van der Waals surface area contributed by atoms with Crippen LogP contribution in [0.25, 0.3) is 0 Å². The molecule has 3 fully saturated rings. The molecule has 3 aliphatic rings. The predicted molar refractivity (Wildman–Crippen MR) is 67.9 cm³/mol. The lowest BCUT2D eigenvalue weighted by Crippen LogP contribution is -2.56. The second-order valence-electron chi connectivity index (χ2n) is 6.89. The van der Waals surface area contributed by atoms with Crippen LogP contribution in [0, 0.1) is 5.41 Å². The summed E-state index contributed by atoms with van der Waals surface area (Å²) in [6.45, 7) is 5.33. The maximum absolute atomic E-state index is 12.2. The van der Waals surface area contributed by atoms with E-state index in [1.54, 1.807) is 20.8 Å². The fourth-order valence-corrected chi connectivity index (χ4v) is 3.94. The number of ether oxygens (including phenoxy) is 2. The van der Waals surface area contributed by atoms with Gasteiger partial charge in [-0.3, -0.25) is 14.5 Å². The van der Waals surface area contributed by atoms with E-state index in [0.29, 0.717) is 12.8 Å². The molecule has 0 aromatic heterocycles. The Morgan fingerprint density at radius 2 is 1.95 bits per heavy atom. The third-order valence-corrected chi connectivity index (χ3v) is 4.78. The number of Topliss-reactive ketones (excluding diaryl/α,β-unsaturated/α-hetero) is 1. The quantitative estimate of drug-likeness (QED) is 0.534. The van der Waals surface area contributed by atoms with Crippen LogP contribution in [0.2, 0.25) is 0 Å². The van der Waals surface area contributed by atoms with E-state index in [4.69, 9.17) is 9.47 Å². The summed E-state index contributed by atoms with van der Waals surface area (Å²) in [4.78, 5) is 37.9. The van der Waals surface area contributed by atoms with E-state index in [2.05, 4.69) is 0 Å². The zero-order chi connectivity index (χ0) is 14.9. The van der Waals surface area contributed by atoms with Crippen LogP contribution < -0.4 is 0 Å². The van der Waals surface area contributed by atoms with Crippen LogP contribution >= 0.6 is 0 Å². The molecule has 0 N–H and O–H groups in total. The lowest BCUT2D eigenvalue weighted by Gasteiger charge is -2.45. The predicted octanol–water partition coefficient (Wildman–Crippen LogP) is 1.27. The first-order valence-corrected chi connectivity index (χ1v) is 6.83. The molecule has 3 rings (SSSR count). The zero-order valence-corrected chi connectivity index (χ0v) is 12.2. The molecule has 0 radical (unpaired) electrons. The summed E-state index contributed by atoms with van der Waals surface area (Å²) >= 11 is 0. The van der Waals surface area contributed by atoms with Crippen molar-refractivity contribution in [1.29, 1.82) is 0 Å². The number of ketones is 1. The third kappa shape index (κ3) is 1.32. The van der Waals surface area contributed by atoms with E-state index in [0.717, 1.165) is 0 Å². The minimum absolute atomic E-state index is 0.0567. The van der Waals surface area contributed by atoms with Gasteiger partial charge in [0.2, 0.25) is 0 Å². The van der Waals surface area contributed by atoms with E-state index in [1.807, 2.05) is 0 Å². The number of carbonyl (C=O) groups excluding carboxylic acids is 3. The van der Waals surface area contributed by atoms with Crippen molar-refractivity contribution in [3.05, 3.63) is 0 Å². The molecule has 3 unspecified atom stereocenters. The van der Waals surface area contributed by atoms with Gasteiger partial charge < -0.3 is 9.47 Å². The van der Waals surface area contributed by atoms with Gasteiger partial charge in [0.05, 0.1) is 12.6 Å². The Morgan fingerprint density at radius 3 is 2.40 bits per heavy atom. The average Bonchev–Trinajstić information content (AvgIpc) is 2.99. The summed E-state index contributed by atoms with van der Waals surface area (Å²) in [7, 11) is 1.32. The molecule has 3 atom stereocenters. The maximum Gasteiger partial charge on any atom is 0.411 e. The van der Waals surface area contributed by atoms with Crippen LogP contribution in [0.5, 0.6) is 0 Å². The van der Waals surface area contributed by atoms with E-state index in [1.165, 1.54) is 12.0 Å². The highest BCUT2D eigenvalue weighted by Crippen LogP contribution is 2.73. The van der Waals surface area contributed by atoms with Gasteiger partial charge in [-0.25, -0.2) is 4.79 Å². The number of hydrogen-bond acceptors (Lipinski definition) is 5. The normalized spacial score (nSPS) is 37.7. The van der Waals surface area contributed by atoms with Gasteiger partial charge in [-0.1, -0.05) is 0 Å². The van der Waals surface area contributed by atoms with Crippen molar-refractivity contribution < 1.29 is 23.9 Å². The number of rotatable bonds is 1. The molecule has 6 heteroatoms. The molecule has 0 aromatic rings. The summed E-state index contributed by atoms with van der Waals surface area (Å²) in [6, 6.07) is -0.495. The lowest BCUT2D eigenvalue weighted by atomic mass is 9.60. The second kappa shape index (κ2) is 3.54. The van der Waals surface area contributed by atoms with Gasteiger partial charge in [0.15, 0.2) is 5.78 Å². The molecule has 2 saturated carbocycles. The molecule has 110 valence electrons. The molecule has 1 heterocycles. The molecule has 0 aromatic carbocycles. The third-order valence-electron chi connectivity index (χ3n) is 4.78. The molecule has 6 nitrogen and oxygen atoms in total. The molecule has 20 heavy (non-hydrogen) atoms. The van der Waals surface area contributed by atoms with Crippen LogP contribution in [-0.4, -0.2) is 47.0 Å². The first-order valence-electron chi connectivity index (χ1n) is 6.83. The van der Waals surface area contributed by atoms with Crippen molar-refractivity contribution in [3.63, 3.8) is 0 Å². The Balaban J connectivity index is 1.88. The summed E-state index contributed by atoms with van der Waals surface area (Å²) < 4.78 is 10.2. The Kier molecular flexibility index (Phi) is 2.37. The number of esters is 1. The van der Waals surface area contributed by atoms with E-state index < -0.39 is 28.7 Å². The van der Waals surface area contributed by atoms with Gasteiger partial charge in [-0.2, -0.15) is 0 Å². The first-order chi connectivity index (χ1) is 9.19. The maximum atomic E-state index is 12.2. The van der Waals surface area contributed by atoms with Crippen LogP contribution in [0.1, 0.15) is 40.0 Å². The fourth-order valence-electron chi connectivity index (χ4n) is 3.94. The number of amides is 1. The number of methoxy groups -OCH3 is 1. The summed E-state index contributed by atoms with van der Waals surface area (Å²) in [5, 5.41) is 0. The smallest absolute Gasteiger partial charge is 0.411 e. The van der Waals surface area contributed by atoms with E-state index >= 15 is 0 Å². The summed E-state index contributed by atoms with van der Waals surface area (Å²) in [5.41, 5.74) is -2.12. The molecule has 1 amide bonds. The molecular formula is C14H19NO5. The average molecular weight is 281 g/mol. The van der Waals surface area contributed by atoms with Crippen molar-refractivity contribution in [1.82, 2.24) is 4.90 Å². The number of piperidine rings is 1. The van der Waals surface area contributed by atoms with Crippen LogP contribution in [0.3, 0.4) is 0 Å². The number of likely N-dealkylation sites (tertiary alicyclic amines) is 1. The number of carbonyl (C=O) groups is 3. The molecule has 2 aliphatic carbocycles. The highest BCUT2D eigenvalue weighted by atomic mass is 16.6. The summed E-state index contributed by atoms with van der Waals surface area (Å²) in [5.74, 6) is -0.440. The molecule has 0 bridgehead atoms. The topological polar surface area (TPSA) is 72.7 Å². The fraction of sp³-hybridized carbons (Fsp3) is 0.786. The Morgan fingerprint density at radius 1 is 1.30 bits per heavy atom. The van der Waals surface area contributed by atoms with Gasteiger partial charge in [0.1, 0.15) is 17.1 Å². The second-order valence-corrected chi connectivity index (χ2v) is 6.89. The minimum Gasteiger partial charge on any atom is -0.469 e. The zero-order valence-electron chi connectivity index (χ0n) is 12.2. The molecule has 1 aliphatic heterocycles. The van der Waals surface area contributed by atoms with E-state index in [9.17, 15) is 14.4 Å². The van der Waals surface area contributed by atoms with Gasteiger partial charge in [-0.15, -0.1) is 0 Å². The van der Waals surface area contributed by atoms with Crippen molar-refractivity contribution in [3.8, 4) is 0 Å². The largest absolute Gasteiger partial charge is 0.469 e. The van der Waals surface area contributed by atoms with Gasteiger partial charge >= 0.3 is 12.1 Å². The Bertz CT molecular complexity index is 522. The van der Waals surface area contributed by atoms with Crippen LogP contribution in [0.4, 0.5) is 4.79 Å². The number of hydrogen-bond donors (Lipinski definition) is 0. The standard InChI is InChI=1S/C14H19NO5/c1-12(2,3)20-11(18)15-9-8(16)7-13(10(17)19-4)5-6-14(9,13)15/h9H,5-7H2,1-4H3. The lowest BCUT2D eigenvalue weighted by molar-refractivity contribution is -0.164. The SMILES string of the molecule is COC(=O)C12CCC13C(C(=O)C2)N3C(=O)OC(C)(C)C. The van der Waals surface area contributed by atoms with Crippen molar-refractivity contribution in [2.45, 2.75) is 57.2 Å². The molecular weight excluding hydrogens is 262 g/mol. The van der Waals surface area contributed by atoms with Crippen molar-refractivity contribution in [2.75, 3.05) is 7.11 Å². The Hall–Kier alpha value is -1.59. The van der Waals surface area contributed by atoms with Gasteiger partial charge in [0, 0.05) is 6.42 Å².